The second kappa shape index (κ2) is 4.17. The molecule has 0 saturated heterocycles. The fourth-order valence-electron chi connectivity index (χ4n) is 1.62. The zero-order valence-corrected chi connectivity index (χ0v) is 10.2. The molecular formula is C12H9ClN2S. The molecule has 1 heterocycles. The minimum atomic E-state index is 0.562. The first-order chi connectivity index (χ1) is 7.63. The Kier molecular flexibility index (Phi) is 2.86. The van der Waals surface area contributed by atoms with Gasteiger partial charge in [-0.25, -0.2) is 0 Å². The second-order valence-corrected chi connectivity index (χ2v) is 5.06. The maximum Gasteiger partial charge on any atom is 0.128 e. The summed E-state index contributed by atoms with van der Waals surface area (Å²) < 4.78 is 0. The van der Waals surface area contributed by atoms with E-state index in [2.05, 4.69) is 6.07 Å². The van der Waals surface area contributed by atoms with Crippen LogP contribution in [0.4, 0.5) is 5.69 Å². The maximum atomic E-state index is 8.91. The van der Waals surface area contributed by atoms with Crippen molar-refractivity contribution >= 4 is 28.6 Å². The number of aryl methyl sites for hydroxylation is 1. The lowest BCUT2D eigenvalue weighted by Crippen LogP contribution is -1.88. The molecule has 0 aliphatic carbocycles. The Labute approximate surface area is 103 Å². The van der Waals surface area contributed by atoms with Crippen LogP contribution in [0.5, 0.6) is 0 Å². The number of nitrogen functional groups attached to an aromatic ring is 1. The van der Waals surface area contributed by atoms with Gasteiger partial charge in [-0.3, -0.25) is 0 Å². The highest BCUT2D eigenvalue weighted by atomic mass is 35.5. The van der Waals surface area contributed by atoms with Crippen molar-refractivity contribution in [3.63, 3.8) is 0 Å². The third-order valence-corrected chi connectivity index (χ3v) is 3.63. The normalized spacial score (nSPS) is 10.1. The Morgan fingerprint density at radius 1 is 1.31 bits per heavy atom. The van der Waals surface area contributed by atoms with Gasteiger partial charge in [0.1, 0.15) is 10.9 Å². The molecule has 2 N–H and O–H groups in total. The van der Waals surface area contributed by atoms with Crippen LogP contribution in [-0.2, 0) is 0 Å². The third-order valence-electron chi connectivity index (χ3n) is 2.36. The molecule has 80 valence electrons. The Morgan fingerprint density at radius 3 is 2.44 bits per heavy atom. The van der Waals surface area contributed by atoms with Gasteiger partial charge in [0, 0.05) is 15.5 Å². The van der Waals surface area contributed by atoms with Gasteiger partial charge in [0.05, 0.1) is 5.69 Å². The van der Waals surface area contributed by atoms with Crippen LogP contribution in [0.25, 0.3) is 11.1 Å². The van der Waals surface area contributed by atoms with Crippen molar-refractivity contribution in [2.45, 2.75) is 6.92 Å². The highest BCUT2D eigenvalue weighted by molar-refractivity contribution is 7.13. The van der Waals surface area contributed by atoms with Crippen LogP contribution in [-0.4, -0.2) is 0 Å². The molecule has 1 aromatic heterocycles. The highest BCUT2D eigenvalue weighted by Gasteiger charge is 2.14. The molecule has 0 atom stereocenters. The number of benzene rings is 1. The van der Waals surface area contributed by atoms with E-state index in [-0.39, 0.29) is 0 Å². The quantitative estimate of drug-likeness (QED) is 0.834. The van der Waals surface area contributed by atoms with Crippen LogP contribution >= 0.6 is 22.9 Å². The summed E-state index contributed by atoms with van der Waals surface area (Å²) in [7, 11) is 0. The van der Waals surface area contributed by atoms with Gasteiger partial charge in [0.15, 0.2) is 0 Å². The van der Waals surface area contributed by atoms with E-state index >= 15 is 0 Å². The molecule has 1 aromatic carbocycles. The molecular weight excluding hydrogens is 240 g/mol. The lowest BCUT2D eigenvalue weighted by Gasteiger charge is -2.02. The van der Waals surface area contributed by atoms with Crippen LogP contribution in [0.15, 0.2) is 24.3 Å². The molecule has 0 bridgehead atoms. The van der Waals surface area contributed by atoms with Crippen molar-refractivity contribution in [3.05, 3.63) is 39.0 Å². The molecule has 0 aliphatic heterocycles. The predicted octanol–water partition coefficient (Wildman–Crippen LogP) is 3.83. The summed E-state index contributed by atoms with van der Waals surface area (Å²) >= 11 is 7.25. The van der Waals surface area contributed by atoms with E-state index in [1.165, 1.54) is 11.3 Å². The topological polar surface area (TPSA) is 49.8 Å². The molecule has 16 heavy (non-hydrogen) atoms. The number of nitrogens with zero attached hydrogens (tertiary/aromatic N) is 1. The first-order valence-electron chi connectivity index (χ1n) is 4.68. The van der Waals surface area contributed by atoms with Crippen molar-refractivity contribution in [3.8, 4) is 17.2 Å². The van der Waals surface area contributed by atoms with E-state index in [0.717, 1.165) is 16.0 Å². The molecule has 2 nitrogen and oxygen atoms in total. The zero-order valence-electron chi connectivity index (χ0n) is 8.62. The first kappa shape index (κ1) is 11.0. The lowest BCUT2D eigenvalue weighted by atomic mass is 10.0. The van der Waals surface area contributed by atoms with Gasteiger partial charge in [-0.05, 0) is 24.6 Å². The SMILES string of the molecule is Cc1sc(C#N)c(N)c1-c1ccc(Cl)cc1. The van der Waals surface area contributed by atoms with Crippen molar-refractivity contribution < 1.29 is 0 Å². The van der Waals surface area contributed by atoms with Crippen LogP contribution in [0, 0.1) is 18.3 Å². The van der Waals surface area contributed by atoms with Crippen LogP contribution < -0.4 is 5.73 Å². The fraction of sp³-hybridized carbons (Fsp3) is 0.0833. The van der Waals surface area contributed by atoms with Gasteiger partial charge in [-0.1, -0.05) is 23.7 Å². The molecule has 2 rings (SSSR count). The number of nitriles is 1. The predicted molar refractivity (Wildman–Crippen MR) is 68.6 cm³/mol. The minimum Gasteiger partial charge on any atom is -0.396 e. The zero-order chi connectivity index (χ0) is 11.7. The molecule has 0 radical (unpaired) electrons. The summed E-state index contributed by atoms with van der Waals surface area (Å²) in [6, 6.07) is 9.57. The van der Waals surface area contributed by atoms with Crippen molar-refractivity contribution in [1.29, 1.82) is 5.26 Å². The number of nitrogens with two attached hydrogens (primary N) is 1. The molecule has 0 saturated carbocycles. The molecule has 2 aromatic rings. The number of anilines is 1. The standard InChI is InChI=1S/C12H9ClN2S/c1-7-11(12(15)10(6-14)16-7)8-2-4-9(13)5-3-8/h2-5H,15H2,1H3. The Bertz CT molecular complexity index is 564. The van der Waals surface area contributed by atoms with Crippen molar-refractivity contribution in [2.24, 2.45) is 0 Å². The maximum absolute atomic E-state index is 8.91. The second-order valence-electron chi connectivity index (χ2n) is 3.39. The van der Waals surface area contributed by atoms with Crippen molar-refractivity contribution in [2.75, 3.05) is 5.73 Å². The van der Waals surface area contributed by atoms with Crippen LogP contribution in [0.2, 0.25) is 5.02 Å². The summed E-state index contributed by atoms with van der Waals surface area (Å²) in [5.41, 5.74) is 8.44. The average Bonchev–Trinajstić information content (AvgIpc) is 2.56. The summed E-state index contributed by atoms with van der Waals surface area (Å²) in [5.74, 6) is 0. The summed E-state index contributed by atoms with van der Waals surface area (Å²) in [6.45, 7) is 1.96. The van der Waals surface area contributed by atoms with E-state index in [4.69, 9.17) is 22.6 Å². The minimum absolute atomic E-state index is 0.562. The Morgan fingerprint density at radius 2 is 1.94 bits per heavy atom. The van der Waals surface area contributed by atoms with Crippen molar-refractivity contribution in [1.82, 2.24) is 0 Å². The van der Waals surface area contributed by atoms with Crippen LogP contribution in [0.1, 0.15) is 9.75 Å². The van der Waals surface area contributed by atoms with Gasteiger partial charge in [-0.2, -0.15) is 5.26 Å². The third kappa shape index (κ3) is 1.78. The van der Waals surface area contributed by atoms with Gasteiger partial charge < -0.3 is 5.73 Å². The fourth-order valence-corrected chi connectivity index (χ4v) is 2.64. The summed E-state index contributed by atoms with van der Waals surface area (Å²) in [6.07, 6.45) is 0. The van der Waals surface area contributed by atoms with Gasteiger partial charge >= 0.3 is 0 Å². The summed E-state index contributed by atoms with van der Waals surface area (Å²) in [4.78, 5) is 1.62. The molecule has 0 unspecified atom stereocenters. The molecule has 0 spiro atoms. The van der Waals surface area contributed by atoms with E-state index in [1.54, 1.807) is 0 Å². The largest absolute Gasteiger partial charge is 0.396 e. The van der Waals surface area contributed by atoms with Gasteiger partial charge in [-0.15, -0.1) is 11.3 Å². The van der Waals surface area contributed by atoms with E-state index in [9.17, 15) is 0 Å². The molecule has 0 amide bonds. The average molecular weight is 249 g/mol. The number of rotatable bonds is 1. The number of thiophene rings is 1. The van der Waals surface area contributed by atoms with E-state index in [1.807, 2.05) is 31.2 Å². The number of hydrogen-bond acceptors (Lipinski definition) is 3. The Balaban J connectivity index is 2.61. The number of hydrogen-bond donors (Lipinski definition) is 1. The number of halogens is 1. The highest BCUT2D eigenvalue weighted by Crippen LogP contribution is 2.38. The molecule has 0 fully saturated rings. The van der Waals surface area contributed by atoms with Gasteiger partial charge in [0.25, 0.3) is 0 Å². The van der Waals surface area contributed by atoms with Gasteiger partial charge in [0.2, 0.25) is 0 Å². The summed E-state index contributed by atoms with van der Waals surface area (Å²) in [5, 5.41) is 9.60. The van der Waals surface area contributed by atoms with E-state index < -0.39 is 0 Å². The lowest BCUT2D eigenvalue weighted by molar-refractivity contribution is 1.52. The molecule has 0 aliphatic rings. The first-order valence-corrected chi connectivity index (χ1v) is 5.88. The smallest absolute Gasteiger partial charge is 0.128 e. The monoisotopic (exact) mass is 248 g/mol. The Hall–Kier alpha value is -1.50. The van der Waals surface area contributed by atoms with E-state index in [0.29, 0.717) is 15.6 Å². The molecule has 4 heteroatoms. The van der Waals surface area contributed by atoms with Crippen LogP contribution in [0.3, 0.4) is 0 Å².